The standard InChI is InChI=1S/C36H35N3O3/c37-24-32-31-23-29-20-26-10-2-1-9-25(26)19-28(29)22-30(31)21-27(11-3-6-17-41-35-13-5-8-18-42-35)36(32)33-14-15-38-39(33)34-12-4-7-16-40-34/h1-3,9-11,14-15,19-23,34-35H,4-8,12-13,16-18H2/b11-3+. The number of hydrogen-bond donors (Lipinski definition) is 0. The molecule has 1 aromatic heterocycles. The first-order chi connectivity index (χ1) is 20.8. The minimum Gasteiger partial charge on any atom is -0.356 e. The summed E-state index contributed by atoms with van der Waals surface area (Å²) < 4.78 is 19.8. The van der Waals surface area contributed by atoms with Gasteiger partial charge < -0.3 is 14.2 Å². The zero-order valence-corrected chi connectivity index (χ0v) is 23.8. The zero-order chi connectivity index (χ0) is 28.3. The number of aromatic nitrogens is 2. The van der Waals surface area contributed by atoms with Gasteiger partial charge in [0.05, 0.1) is 17.9 Å². The first-order valence-corrected chi connectivity index (χ1v) is 15.2. The average Bonchev–Trinajstić information content (AvgIpc) is 3.52. The molecule has 0 aliphatic carbocycles. The van der Waals surface area contributed by atoms with Crippen LogP contribution in [0.2, 0.25) is 0 Å². The van der Waals surface area contributed by atoms with Gasteiger partial charge in [0.25, 0.3) is 0 Å². The van der Waals surface area contributed by atoms with Gasteiger partial charge in [0, 0.05) is 30.4 Å². The lowest BCUT2D eigenvalue weighted by Crippen LogP contribution is -2.22. The van der Waals surface area contributed by atoms with E-state index in [1.165, 1.54) is 10.8 Å². The van der Waals surface area contributed by atoms with E-state index in [0.717, 1.165) is 96.5 Å². The van der Waals surface area contributed by atoms with Crippen molar-refractivity contribution in [1.29, 1.82) is 5.26 Å². The van der Waals surface area contributed by atoms with Gasteiger partial charge >= 0.3 is 0 Å². The summed E-state index contributed by atoms with van der Waals surface area (Å²) in [5.74, 6) is 0. The Morgan fingerprint density at radius 2 is 1.64 bits per heavy atom. The molecule has 212 valence electrons. The van der Waals surface area contributed by atoms with Crippen LogP contribution in [0.25, 0.3) is 49.7 Å². The minimum absolute atomic E-state index is 0.0947. The van der Waals surface area contributed by atoms with E-state index in [0.29, 0.717) is 12.2 Å². The highest BCUT2D eigenvalue weighted by Gasteiger charge is 2.24. The summed E-state index contributed by atoms with van der Waals surface area (Å²) in [6, 6.07) is 24.1. The van der Waals surface area contributed by atoms with Crippen molar-refractivity contribution in [1.82, 2.24) is 9.78 Å². The molecular weight excluding hydrogens is 522 g/mol. The number of ether oxygens (including phenoxy) is 3. The van der Waals surface area contributed by atoms with Gasteiger partial charge in [-0.2, -0.15) is 10.4 Å². The normalized spacial score (nSPS) is 19.6. The van der Waals surface area contributed by atoms with Gasteiger partial charge in [-0.3, -0.25) is 0 Å². The molecule has 0 saturated carbocycles. The number of benzene rings is 4. The van der Waals surface area contributed by atoms with Crippen LogP contribution in [0.4, 0.5) is 0 Å². The molecule has 4 aromatic carbocycles. The molecule has 2 fully saturated rings. The quantitative estimate of drug-likeness (QED) is 0.148. The fourth-order valence-electron chi connectivity index (χ4n) is 6.37. The molecule has 7 rings (SSSR count). The third kappa shape index (κ3) is 5.32. The van der Waals surface area contributed by atoms with E-state index in [1.54, 1.807) is 0 Å². The maximum Gasteiger partial charge on any atom is 0.157 e. The van der Waals surface area contributed by atoms with Gasteiger partial charge in [-0.25, -0.2) is 4.68 Å². The smallest absolute Gasteiger partial charge is 0.157 e. The minimum atomic E-state index is -0.130. The Labute approximate surface area is 246 Å². The molecule has 2 unspecified atom stereocenters. The second-order valence-corrected chi connectivity index (χ2v) is 11.3. The molecule has 0 spiro atoms. The molecule has 2 aliphatic heterocycles. The predicted molar refractivity (Wildman–Crippen MR) is 167 cm³/mol. The molecule has 6 nitrogen and oxygen atoms in total. The molecule has 2 saturated heterocycles. The van der Waals surface area contributed by atoms with E-state index in [1.807, 2.05) is 16.9 Å². The molecular formula is C36H35N3O3. The summed E-state index contributed by atoms with van der Waals surface area (Å²) in [6.07, 6.45) is 12.9. The summed E-state index contributed by atoms with van der Waals surface area (Å²) in [5.41, 5.74) is 3.45. The van der Waals surface area contributed by atoms with Gasteiger partial charge in [-0.15, -0.1) is 0 Å². The predicted octanol–water partition coefficient (Wildman–Crippen LogP) is 8.53. The van der Waals surface area contributed by atoms with Crippen molar-refractivity contribution in [3.63, 3.8) is 0 Å². The Morgan fingerprint density at radius 3 is 2.38 bits per heavy atom. The Hall–Kier alpha value is -4.02. The lowest BCUT2D eigenvalue weighted by atomic mass is 9.90. The monoisotopic (exact) mass is 557 g/mol. The average molecular weight is 558 g/mol. The van der Waals surface area contributed by atoms with Crippen LogP contribution >= 0.6 is 0 Å². The summed E-state index contributed by atoms with van der Waals surface area (Å²) in [6.45, 7) is 2.10. The van der Waals surface area contributed by atoms with Crippen LogP contribution in [-0.4, -0.2) is 35.9 Å². The van der Waals surface area contributed by atoms with E-state index < -0.39 is 0 Å². The van der Waals surface area contributed by atoms with Crippen LogP contribution in [-0.2, 0) is 14.2 Å². The fraction of sp³-hybridized carbons (Fsp3) is 0.333. The van der Waals surface area contributed by atoms with E-state index in [-0.39, 0.29) is 12.5 Å². The maximum atomic E-state index is 10.7. The lowest BCUT2D eigenvalue weighted by Gasteiger charge is -2.25. The van der Waals surface area contributed by atoms with Crippen molar-refractivity contribution >= 4 is 38.4 Å². The lowest BCUT2D eigenvalue weighted by molar-refractivity contribution is -0.161. The zero-order valence-electron chi connectivity index (χ0n) is 23.8. The molecule has 0 N–H and O–H groups in total. The third-order valence-electron chi connectivity index (χ3n) is 8.48. The Morgan fingerprint density at radius 1 is 0.881 bits per heavy atom. The van der Waals surface area contributed by atoms with E-state index in [4.69, 9.17) is 14.2 Å². The highest BCUT2D eigenvalue weighted by atomic mass is 16.7. The van der Waals surface area contributed by atoms with Crippen molar-refractivity contribution in [3.05, 3.63) is 84.1 Å². The SMILES string of the molecule is N#Cc1c(-c2ccnn2C2CCCCO2)c(/C=C/CCOC2CCCCO2)cc2cc3cc4ccccc4cc3cc12. The number of rotatable bonds is 7. The van der Waals surface area contributed by atoms with Crippen molar-refractivity contribution in [2.75, 3.05) is 19.8 Å². The number of fused-ring (bicyclic) bond motifs is 3. The molecule has 5 aromatic rings. The summed E-state index contributed by atoms with van der Waals surface area (Å²) in [4.78, 5) is 0. The van der Waals surface area contributed by atoms with Crippen LogP contribution in [0.1, 0.15) is 62.3 Å². The highest BCUT2D eigenvalue weighted by molar-refractivity contribution is 6.08. The number of nitrogens with zero attached hydrogens (tertiary/aromatic N) is 3. The van der Waals surface area contributed by atoms with Crippen molar-refractivity contribution in [2.24, 2.45) is 0 Å². The Balaban J connectivity index is 1.33. The Bertz CT molecular complexity index is 1800. The van der Waals surface area contributed by atoms with Gasteiger partial charge in [0.15, 0.2) is 12.5 Å². The Kier molecular flexibility index (Phi) is 7.72. The molecule has 0 radical (unpaired) electrons. The van der Waals surface area contributed by atoms with Crippen LogP contribution in [0.3, 0.4) is 0 Å². The summed E-state index contributed by atoms with van der Waals surface area (Å²) >= 11 is 0. The van der Waals surface area contributed by atoms with Crippen molar-refractivity contribution in [3.8, 4) is 17.3 Å². The van der Waals surface area contributed by atoms with E-state index >= 15 is 0 Å². The first-order valence-electron chi connectivity index (χ1n) is 15.2. The van der Waals surface area contributed by atoms with E-state index in [2.05, 4.69) is 77.9 Å². The van der Waals surface area contributed by atoms with E-state index in [9.17, 15) is 5.26 Å². The van der Waals surface area contributed by atoms with Crippen LogP contribution in [0.5, 0.6) is 0 Å². The molecule has 6 heteroatoms. The maximum absolute atomic E-state index is 10.7. The summed E-state index contributed by atoms with van der Waals surface area (Å²) in [7, 11) is 0. The summed E-state index contributed by atoms with van der Waals surface area (Å²) in [5, 5.41) is 22.0. The van der Waals surface area contributed by atoms with Gasteiger partial charge in [-0.1, -0.05) is 36.4 Å². The molecule has 2 aliphatic rings. The van der Waals surface area contributed by atoms with Crippen molar-refractivity contribution in [2.45, 2.75) is 57.5 Å². The highest BCUT2D eigenvalue weighted by Crippen LogP contribution is 2.39. The molecule has 0 amide bonds. The molecule has 42 heavy (non-hydrogen) atoms. The number of hydrogen-bond acceptors (Lipinski definition) is 5. The largest absolute Gasteiger partial charge is 0.356 e. The van der Waals surface area contributed by atoms with Crippen molar-refractivity contribution < 1.29 is 14.2 Å². The van der Waals surface area contributed by atoms with Crippen LogP contribution in [0, 0.1) is 11.3 Å². The van der Waals surface area contributed by atoms with Gasteiger partial charge in [0.1, 0.15) is 6.07 Å². The number of nitriles is 1. The second kappa shape index (κ2) is 12.1. The van der Waals surface area contributed by atoms with Gasteiger partial charge in [0.2, 0.25) is 0 Å². The van der Waals surface area contributed by atoms with Crippen LogP contribution in [0.15, 0.2) is 72.9 Å². The van der Waals surface area contributed by atoms with Crippen LogP contribution < -0.4 is 0 Å². The van der Waals surface area contributed by atoms with Gasteiger partial charge in [-0.05, 0) is 114 Å². The molecule has 2 atom stereocenters. The first kappa shape index (κ1) is 26.9. The topological polar surface area (TPSA) is 69.3 Å². The fourth-order valence-corrected chi connectivity index (χ4v) is 6.37. The molecule has 3 heterocycles. The molecule has 0 bridgehead atoms. The second-order valence-electron chi connectivity index (χ2n) is 11.3. The third-order valence-corrected chi connectivity index (χ3v) is 8.48.